The molecule has 0 aliphatic heterocycles. The molecular weight excluding hydrogens is 290 g/mol. The quantitative estimate of drug-likeness (QED) is 0.443. The molecule has 3 aromatic carbocycles. The number of hydrogen-bond acceptors (Lipinski definition) is 0. The monoisotopic (exact) mass is 309 g/mol. The zero-order valence-electron chi connectivity index (χ0n) is 13.5. The maximum atomic E-state index is 2.28. The summed E-state index contributed by atoms with van der Waals surface area (Å²) in [5.74, 6) is 0. The smallest absolute Gasteiger partial charge is 0.0531 e. The Morgan fingerprint density at radius 3 is 2.17 bits per heavy atom. The Kier molecular flexibility index (Phi) is 3.99. The minimum Gasteiger partial charge on any atom is -0.316 e. The number of para-hydroxylation sites is 2. The van der Waals surface area contributed by atoms with Crippen molar-refractivity contribution in [3.05, 3.63) is 108 Å². The van der Waals surface area contributed by atoms with Crippen molar-refractivity contribution >= 4 is 17.0 Å². The average molecular weight is 309 g/mol. The number of fused-ring (bicyclic) bond motifs is 1. The molecule has 1 aromatic heterocycles. The summed E-state index contributed by atoms with van der Waals surface area (Å²) in [6.45, 7) is 0. The van der Waals surface area contributed by atoms with Gasteiger partial charge in [-0.15, -0.1) is 0 Å². The first kappa shape index (κ1) is 14.5. The molecule has 0 aliphatic carbocycles. The third-order valence-electron chi connectivity index (χ3n) is 4.28. The minimum absolute atomic E-state index is 0.926. The Hall–Kier alpha value is -3.06. The number of allylic oxidation sites excluding steroid dienone is 1. The predicted octanol–water partition coefficient (Wildman–Crippen LogP) is 5.89. The number of nitrogens with zero attached hydrogens (tertiary/aromatic N) is 1. The van der Waals surface area contributed by atoms with Crippen LogP contribution in [0.25, 0.3) is 22.7 Å². The van der Waals surface area contributed by atoms with E-state index in [1.807, 2.05) is 6.07 Å². The van der Waals surface area contributed by atoms with Crippen LogP contribution >= 0.6 is 0 Å². The highest BCUT2D eigenvalue weighted by atomic mass is 15.0. The van der Waals surface area contributed by atoms with Crippen LogP contribution in [0.1, 0.15) is 11.1 Å². The molecule has 0 atom stereocenters. The molecule has 0 bridgehead atoms. The molecule has 0 amide bonds. The topological polar surface area (TPSA) is 4.93 Å². The Balaban J connectivity index is 1.70. The summed E-state index contributed by atoms with van der Waals surface area (Å²) in [5.41, 5.74) is 5.05. The Morgan fingerprint density at radius 2 is 1.38 bits per heavy atom. The van der Waals surface area contributed by atoms with Gasteiger partial charge in [0.25, 0.3) is 0 Å². The van der Waals surface area contributed by atoms with Crippen molar-refractivity contribution in [2.75, 3.05) is 0 Å². The van der Waals surface area contributed by atoms with Crippen molar-refractivity contribution in [2.45, 2.75) is 6.42 Å². The molecule has 0 N–H and O–H groups in total. The van der Waals surface area contributed by atoms with Crippen LogP contribution in [0.3, 0.4) is 0 Å². The third-order valence-corrected chi connectivity index (χ3v) is 4.28. The molecule has 0 aliphatic rings. The number of rotatable bonds is 4. The molecule has 0 spiro atoms. The molecule has 1 heterocycles. The SMILES string of the molecule is C(=C\c1ccccc1)/Cc1cn(-c2ccccc2)c2ccccc12. The van der Waals surface area contributed by atoms with E-state index in [1.54, 1.807) is 0 Å². The lowest BCUT2D eigenvalue weighted by atomic mass is 10.1. The summed E-state index contributed by atoms with van der Waals surface area (Å²) >= 11 is 0. The zero-order valence-corrected chi connectivity index (χ0v) is 13.5. The van der Waals surface area contributed by atoms with Gasteiger partial charge in [-0.25, -0.2) is 0 Å². The Morgan fingerprint density at radius 1 is 0.708 bits per heavy atom. The lowest BCUT2D eigenvalue weighted by Crippen LogP contribution is -1.90. The van der Waals surface area contributed by atoms with Crippen LogP contribution in [-0.4, -0.2) is 4.57 Å². The van der Waals surface area contributed by atoms with Gasteiger partial charge in [0.1, 0.15) is 0 Å². The van der Waals surface area contributed by atoms with Gasteiger partial charge in [-0.05, 0) is 35.7 Å². The van der Waals surface area contributed by atoms with E-state index in [2.05, 4.69) is 102 Å². The van der Waals surface area contributed by atoms with Crippen LogP contribution in [0.4, 0.5) is 0 Å². The van der Waals surface area contributed by atoms with Gasteiger partial charge in [0.05, 0.1) is 5.52 Å². The second-order valence-electron chi connectivity index (χ2n) is 5.89. The summed E-state index contributed by atoms with van der Waals surface area (Å²) in [6.07, 6.45) is 7.62. The maximum Gasteiger partial charge on any atom is 0.0531 e. The van der Waals surface area contributed by atoms with Gasteiger partial charge >= 0.3 is 0 Å². The summed E-state index contributed by atoms with van der Waals surface area (Å²) in [5, 5.41) is 1.32. The molecule has 0 unspecified atom stereocenters. The van der Waals surface area contributed by atoms with Crippen molar-refractivity contribution < 1.29 is 0 Å². The highest BCUT2D eigenvalue weighted by molar-refractivity contribution is 5.86. The molecule has 116 valence electrons. The van der Waals surface area contributed by atoms with Crippen molar-refractivity contribution in [2.24, 2.45) is 0 Å². The van der Waals surface area contributed by atoms with E-state index in [9.17, 15) is 0 Å². The fraction of sp³-hybridized carbons (Fsp3) is 0.0435. The first-order valence-corrected chi connectivity index (χ1v) is 8.28. The van der Waals surface area contributed by atoms with Gasteiger partial charge in [0, 0.05) is 17.3 Å². The third kappa shape index (κ3) is 2.89. The Bertz CT molecular complexity index is 963. The summed E-state index contributed by atoms with van der Waals surface area (Å²) in [4.78, 5) is 0. The van der Waals surface area contributed by atoms with E-state index < -0.39 is 0 Å². The molecule has 0 radical (unpaired) electrons. The van der Waals surface area contributed by atoms with E-state index in [-0.39, 0.29) is 0 Å². The van der Waals surface area contributed by atoms with E-state index in [1.165, 1.54) is 27.7 Å². The predicted molar refractivity (Wildman–Crippen MR) is 102 cm³/mol. The summed E-state index contributed by atoms with van der Waals surface area (Å²) < 4.78 is 2.28. The molecule has 0 fully saturated rings. The molecule has 1 nitrogen and oxygen atoms in total. The lowest BCUT2D eigenvalue weighted by Gasteiger charge is -2.04. The first-order chi connectivity index (χ1) is 11.9. The highest BCUT2D eigenvalue weighted by Crippen LogP contribution is 2.25. The molecule has 0 saturated carbocycles. The molecule has 4 rings (SSSR count). The fourth-order valence-electron chi connectivity index (χ4n) is 3.10. The zero-order chi connectivity index (χ0) is 16.2. The van der Waals surface area contributed by atoms with Crippen LogP contribution in [0, 0.1) is 0 Å². The van der Waals surface area contributed by atoms with E-state index in [0.29, 0.717) is 0 Å². The van der Waals surface area contributed by atoms with Gasteiger partial charge < -0.3 is 4.57 Å². The van der Waals surface area contributed by atoms with Crippen LogP contribution in [0.5, 0.6) is 0 Å². The maximum absolute atomic E-state index is 2.28. The van der Waals surface area contributed by atoms with Crippen LogP contribution in [-0.2, 0) is 6.42 Å². The van der Waals surface area contributed by atoms with Gasteiger partial charge in [-0.1, -0.05) is 78.9 Å². The first-order valence-electron chi connectivity index (χ1n) is 8.28. The second kappa shape index (κ2) is 6.59. The summed E-state index contributed by atoms with van der Waals surface area (Å²) in [7, 11) is 0. The largest absolute Gasteiger partial charge is 0.316 e. The van der Waals surface area contributed by atoms with Gasteiger partial charge in [0.15, 0.2) is 0 Å². The normalized spacial score (nSPS) is 11.3. The van der Waals surface area contributed by atoms with E-state index >= 15 is 0 Å². The van der Waals surface area contributed by atoms with E-state index in [4.69, 9.17) is 0 Å². The lowest BCUT2D eigenvalue weighted by molar-refractivity contribution is 1.11. The molecule has 24 heavy (non-hydrogen) atoms. The number of aromatic nitrogens is 1. The average Bonchev–Trinajstić information content (AvgIpc) is 3.02. The molecule has 4 aromatic rings. The summed E-state index contributed by atoms with van der Waals surface area (Å²) in [6, 6.07) is 29.6. The van der Waals surface area contributed by atoms with Crippen molar-refractivity contribution in [1.29, 1.82) is 0 Å². The van der Waals surface area contributed by atoms with Gasteiger partial charge in [0.2, 0.25) is 0 Å². The van der Waals surface area contributed by atoms with Crippen LogP contribution < -0.4 is 0 Å². The standard InChI is InChI=1S/C23H19N/c1-3-10-19(11-4-1)12-9-13-20-18-24(21-14-5-2-6-15-21)23-17-8-7-16-22(20)23/h1-12,14-18H,13H2/b12-9+. The van der Waals surface area contributed by atoms with Gasteiger partial charge in [-0.2, -0.15) is 0 Å². The van der Waals surface area contributed by atoms with E-state index in [0.717, 1.165) is 6.42 Å². The van der Waals surface area contributed by atoms with Crippen molar-refractivity contribution in [3.8, 4) is 5.69 Å². The van der Waals surface area contributed by atoms with Crippen molar-refractivity contribution in [3.63, 3.8) is 0 Å². The van der Waals surface area contributed by atoms with Gasteiger partial charge in [-0.3, -0.25) is 0 Å². The number of benzene rings is 3. The minimum atomic E-state index is 0.926. The molecule has 1 heteroatoms. The van der Waals surface area contributed by atoms with Crippen LogP contribution in [0.2, 0.25) is 0 Å². The molecular formula is C23H19N. The number of hydrogen-bond donors (Lipinski definition) is 0. The van der Waals surface area contributed by atoms with Crippen LogP contribution in [0.15, 0.2) is 97.2 Å². The second-order valence-corrected chi connectivity index (χ2v) is 5.89. The highest BCUT2D eigenvalue weighted by Gasteiger charge is 2.07. The molecule has 0 saturated heterocycles. The van der Waals surface area contributed by atoms with Crippen molar-refractivity contribution in [1.82, 2.24) is 4.57 Å². The Labute approximate surface area is 142 Å². The fourth-order valence-corrected chi connectivity index (χ4v) is 3.10.